The summed E-state index contributed by atoms with van der Waals surface area (Å²) < 4.78 is 40.2. The van der Waals surface area contributed by atoms with E-state index in [1.807, 2.05) is 25.2 Å². The summed E-state index contributed by atoms with van der Waals surface area (Å²) in [4.78, 5) is 26.1. The van der Waals surface area contributed by atoms with E-state index >= 15 is 0 Å². The Labute approximate surface area is 368 Å². The maximum atomic E-state index is 13.4. The summed E-state index contributed by atoms with van der Waals surface area (Å²) in [6.45, 7) is 5.80. The molecule has 6 N–H and O–H groups in total. The molecule has 63 heavy (non-hydrogen) atoms. The summed E-state index contributed by atoms with van der Waals surface area (Å²) in [6, 6.07) is 38.7. The van der Waals surface area contributed by atoms with Crippen molar-refractivity contribution < 1.29 is 22.8 Å². The maximum absolute atomic E-state index is 13.4. The molecule has 8 rings (SSSR count). The second-order valence-electron chi connectivity index (χ2n) is 17.0. The van der Waals surface area contributed by atoms with E-state index < -0.39 is 0 Å². The summed E-state index contributed by atoms with van der Waals surface area (Å²) in [5.41, 5.74) is 15.0. The van der Waals surface area contributed by atoms with Crippen molar-refractivity contribution in [3.05, 3.63) is 168 Å². The first-order valence-corrected chi connectivity index (χ1v) is 21.8. The topological polar surface area (TPSA) is 108 Å². The van der Waals surface area contributed by atoms with Gasteiger partial charge in [0, 0.05) is 43.3 Å². The molecule has 7 nitrogen and oxygen atoms in total. The number of hydrogen-bond acceptors (Lipinski definition) is 5. The zero-order chi connectivity index (χ0) is 44.3. The second kappa shape index (κ2) is 21.3. The highest BCUT2D eigenvalue weighted by atomic mass is 19.1. The molecular formula is C53H56F3N5O2. The van der Waals surface area contributed by atoms with Gasteiger partial charge in [-0.1, -0.05) is 66.2 Å². The number of carbonyl (C=O) groups excluding carboxylic acids is 2. The van der Waals surface area contributed by atoms with Gasteiger partial charge in [0.2, 0.25) is 0 Å². The number of carbonyl (C=O) groups is 2. The Kier molecular flexibility index (Phi) is 15.2. The van der Waals surface area contributed by atoms with Gasteiger partial charge >= 0.3 is 0 Å². The van der Waals surface area contributed by atoms with Gasteiger partial charge in [0.1, 0.15) is 17.5 Å². The van der Waals surface area contributed by atoms with Crippen LogP contribution in [0.4, 0.5) is 13.2 Å². The Morgan fingerprint density at radius 3 is 1.30 bits per heavy atom. The Morgan fingerprint density at radius 1 is 0.540 bits per heavy atom. The second-order valence-corrected chi connectivity index (χ2v) is 17.0. The average molecular weight is 852 g/mol. The van der Waals surface area contributed by atoms with Crippen molar-refractivity contribution in [2.45, 2.75) is 38.6 Å². The van der Waals surface area contributed by atoms with Gasteiger partial charge in [-0.05, 0) is 181 Å². The summed E-state index contributed by atoms with van der Waals surface area (Å²) >= 11 is 0. The van der Waals surface area contributed by atoms with E-state index in [1.165, 1.54) is 48.4 Å². The predicted octanol–water partition coefficient (Wildman–Crippen LogP) is 9.80. The van der Waals surface area contributed by atoms with Gasteiger partial charge in [0.05, 0.1) is 0 Å². The van der Waals surface area contributed by atoms with Crippen LogP contribution >= 0.6 is 0 Å². The SMILES string of the molecule is CNC[C@@H]1CC[C@H](CNC(=O)c2cc(-c3ccc(C)cc3)cc(-c3ccc(F)cc3)c2)C1.NC[C@@H]1C[C@@H](CNC(=O)c2cc(-c3ccc(F)cc3)cc(-c3ccc(F)cc3)c2)CN1. The first-order valence-electron chi connectivity index (χ1n) is 21.8. The largest absolute Gasteiger partial charge is 0.352 e. The molecule has 1 aliphatic carbocycles. The number of hydrogen-bond donors (Lipinski definition) is 5. The molecular weight excluding hydrogens is 796 g/mol. The van der Waals surface area contributed by atoms with Crippen molar-refractivity contribution in [1.29, 1.82) is 0 Å². The van der Waals surface area contributed by atoms with Crippen molar-refractivity contribution in [2.75, 3.05) is 39.8 Å². The molecule has 0 aromatic heterocycles. The van der Waals surface area contributed by atoms with Gasteiger partial charge in [0.15, 0.2) is 0 Å². The van der Waals surface area contributed by atoms with E-state index in [0.717, 1.165) is 76.9 Å². The molecule has 1 saturated carbocycles. The lowest BCUT2D eigenvalue weighted by atomic mass is 9.95. The van der Waals surface area contributed by atoms with Crippen LogP contribution in [0.3, 0.4) is 0 Å². The fourth-order valence-corrected chi connectivity index (χ4v) is 8.61. The number of nitrogens with one attached hydrogen (secondary N) is 4. The molecule has 326 valence electrons. The number of rotatable bonds is 13. The van der Waals surface area contributed by atoms with E-state index in [0.29, 0.717) is 54.6 Å². The lowest BCUT2D eigenvalue weighted by Gasteiger charge is -2.14. The van der Waals surface area contributed by atoms with Crippen LogP contribution in [0.2, 0.25) is 0 Å². The van der Waals surface area contributed by atoms with Crippen LogP contribution in [0.5, 0.6) is 0 Å². The summed E-state index contributed by atoms with van der Waals surface area (Å²) in [5.74, 6) is 0.438. The molecule has 4 atom stereocenters. The van der Waals surface area contributed by atoms with Crippen LogP contribution in [0.15, 0.2) is 133 Å². The van der Waals surface area contributed by atoms with Gasteiger partial charge in [-0.2, -0.15) is 0 Å². The minimum atomic E-state index is -0.322. The highest BCUT2D eigenvalue weighted by Crippen LogP contribution is 2.32. The highest BCUT2D eigenvalue weighted by Gasteiger charge is 2.25. The average Bonchev–Trinajstić information content (AvgIpc) is 3.98. The normalized spacial score (nSPS) is 18.1. The predicted molar refractivity (Wildman–Crippen MR) is 248 cm³/mol. The summed E-state index contributed by atoms with van der Waals surface area (Å²) in [6.07, 6.45) is 4.48. The summed E-state index contributed by atoms with van der Waals surface area (Å²) in [5, 5.41) is 12.8. The third kappa shape index (κ3) is 12.3. The molecule has 0 unspecified atom stereocenters. The van der Waals surface area contributed by atoms with Crippen LogP contribution in [-0.2, 0) is 0 Å². The van der Waals surface area contributed by atoms with Crippen molar-refractivity contribution in [2.24, 2.45) is 23.5 Å². The van der Waals surface area contributed by atoms with Gasteiger partial charge in [-0.15, -0.1) is 0 Å². The first kappa shape index (κ1) is 45.0. The number of halogens is 3. The van der Waals surface area contributed by atoms with Crippen LogP contribution < -0.4 is 27.0 Å². The molecule has 2 amide bonds. The Hall–Kier alpha value is -6.07. The Balaban J connectivity index is 0.000000189. The molecule has 1 aliphatic heterocycles. The van der Waals surface area contributed by atoms with Crippen molar-refractivity contribution >= 4 is 11.8 Å². The fraction of sp³-hybridized carbons (Fsp3) is 0.283. The molecule has 2 fully saturated rings. The van der Waals surface area contributed by atoms with Crippen LogP contribution in [0.1, 0.15) is 52.0 Å². The van der Waals surface area contributed by atoms with E-state index in [9.17, 15) is 22.8 Å². The van der Waals surface area contributed by atoms with Gasteiger partial charge in [0.25, 0.3) is 11.8 Å². The number of aryl methyl sites for hydroxylation is 1. The number of benzene rings is 6. The highest BCUT2D eigenvalue weighted by molar-refractivity contribution is 5.98. The van der Waals surface area contributed by atoms with E-state index in [2.05, 4.69) is 58.5 Å². The molecule has 6 aromatic carbocycles. The minimum Gasteiger partial charge on any atom is -0.352 e. The van der Waals surface area contributed by atoms with Crippen LogP contribution in [-0.4, -0.2) is 57.6 Å². The maximum Gasteiger partial charge on any atom is 0.251 e. The third-order valence-corrected chi connectivity index (χ3v) is 12.2. The molecule has 10 heteroatoms. The lowest BCUT2D eigenvalue weighted by molar-refractivity contribution is 0.0939. The first-order chi connectivity index (χ1) is 30.5. The van der Waals surface area contributed by atoms with E-state index in [-0.39, 0.29) is 29.3 Å². The van der Waals surface area contributed by atoms with Crippen molar-refractivity contribution in [3.8, 4) is 44.5 Å². The zero-order valence-electron chi connectivity index (χ0n) is 35.9. The molecule has 1 heterocycles. The number of nitrogens with two attached hydrogens (primary N) is 1. The molecule has 0 spiro atoms. The molecule has 6 aromatic rings. The zero-order valence-corrected chi connectivity index (χ0v) is 35.9. The Bertz CT molecular complexity index is 2330. The third-order valence-electron chi connectivity index (χ3n) is 12.2. The van der Waals surface area contributed by atoms with E-state index in [4.69, 9.17) is 5.73 Å². The fourth-order valence-electron chi connectivity index (χ4n) is 8.61. The van der Waals surface area contributed by atoms with Gasteiger partial charge in [-0.3, -0.25) is 9.59 Å². The van der Waals surface area contributed by atoms with E-state index in [1.54, 1.807) is 48.5 Å². The minimum absolute atomic E-state index is 0.0561. The lowest BCUT2D eigenvalue weighted by Crippen LogP contribution is -2.30. The smallest absolute Gasteiger partial charge is 0.251 e. The monoisotopic (exact) mass is 851 g/mol. The van der Waals surface area contributed by atoms with Gasteiger partial charge in [-0.25, -0.2) is 13.2 Å². The quantitative estimate of drug-likeness (QED) is 0.0796. The van der Waals surface area contributed by atoms with Gasteiger partial charge < -0.3 is 27.0 Å². The molecule has 1 saturated heterocycles. The molecule has 2 aliphatic rings. The van der Waals surface area contributed by atoms with Crippen molar-refractivity contribution in [1.82, 2.24) is 21.3 Å². The summed E-state index contributed by atoms with van der Waals surface area (Å²) in [7, 11) is 1.99. The standard InChI is InChI=1S/C28H31FN2O.C25H25F2N3O/c1-19-3-7-22(8-4-19)24-14-25(23-9-11-27(29)12-10-23)16-26(15-24)28(32)31-18-21-6-5-20(13-21)17-30-2;26-22-5-1-17(2-6-22)19-10-20(18-3-7-23(27)8-4-18)12-21(11-19)25(31)30-15-16-9-24(13-28)29-14-16/h3-4,7-12,14-16,20-21,30H,5-6,13,17-18H2,1-2H3,(H,31,32);1-8,10-12,16,24,29H,9,13-15,28H2,(H,30,31)/t20-,21+;16-,24+/m11/s1. The van der Waals surface area contributed by atoms with Crippen LogP contribution in [0, 0.1) is 42.1 Å². The van der Waals surface area contributed by atoms with Crippen LogP contribution in [0.25, 0.3) is 44.5 Å². The molecule has 0 radical (unpaired) electrons. The molecule has 0 bridgehead atoms. The van der Waals surface area contributed by atoms with Crippen molar-refractivity contribution in [3.63, 3.8) is 0 Å². The number of amides is 2. The Morgan fingerprint density at radius 2 is 0.921 bits per heavy atom.